The van der Waals surface area contributed by atoms with E-state index in [0.29, 0.717) is 33.9 Å². The lowest BCUT2D eigenvalue weighted by Gasteiger charge is -2.19. The molecule has 4 N–H and O–H groups in total. The molecule has 0 spiro atoms. The van der Waals surface area contributed by atoms with Gasteiger partial charge in [0.25, 0.3) is 5.91 Å². The first kappa shape index (κ1) is 19.7. The Bertz CT molecular complexity index is 1480. The number of aryl methyl sites for hydroxylation is 1. The quantitative estimate of drug-likeness (QED) is 0.403. The van der Waals surface area contributed by atoms with Crippen LogP contribution < -0.4 is 11.1 Å². The first-order chi connectivity index (χ1) is 15.2. The van der Waals surface area contributed by atoms with E-state index < -0.39 is 0 Å². The first-order valence-electron chi connectivity index (χ1n) is 10.1. The smallest absolute Gasteiger partial charge is 0.256 e. The number of nitrogens with one attached hydrogen (secondary N) is 2. The molecule has 5 aromatic rings. The molecule has 0 radical (unpaired) electrons. The molecule has 0 atom stereocenters. The van der Waals surface area contributed by atoms with E-state index in [4.69, 9.17) is 10.8 Å². The molecule has 10 heteroatoms. The van der Waals surface area contributed by atoms with Crippen LogP contribution in [0.4, 0.5) is 11.6 Å². The average molecular weight is 429 g/mol. The summed E-state index contributed by atoms with van der Waals surface area (Å²) in [4.78, 5) is 24.6. The summed E-state index contributed by atoms with van der Waals surface area (Å²) in [6, 6.07) is 9.20. The number of hydrogen-bond acceptors (Lipinski definition) is 6. The second-order valence-electron chi connectivity index (χ2n) is 8.70. The fourth-order valence-electron chi connectivity index (χ4n) is 3.70. The van der Waals surface area contributed by atoms with Gasteiger partial charge in [-0.05, 0) is 39.0 Å². The summed E-state index contributed by atoms with van der Waals surface area (Å²) in [5, 5.41) is 13.4. The minimum atomic E-state index is -0.292. The predicted molar refractivity (Wildman–Crippen MR) is 123 cm³/mol. The lowest BCUT2D eigenvalue weighted by Crippen LogP contribution is -2.23. The highest BCUT2D eigenvalue weighted by atomic mass is 16.1. The largest absolute Gasteiger partial charge is 0.383 e. The number of hydrogen-bond donors (Lipinski definition) is 3. The monoisotopic (exact) mass is 429 g/mol. The minimum Gasteiger partial charge on any atom is -0.383 e. The molecule has 1 aromatic carbocycles. The van der Waals surface area contributed by atoms with Crippen molar-refractivity contribution in [3.05, 3.63) is 48.4 Å². The van der Waals surface area contributed by atoms with Crippen molar-refractivity contribution in [2.75, 3.05) is 11.1 Å². The molecule has 4 heterocycles. The van der Waals surface area contributed by atoms with Gasteiger partial charge in [-0.1, -0.05) is 6.07 Å². The maximum absolute atomic E-state index is 12.7. The molecule has 162 valence electrons. The molecule has 4 aromatic heterocycles. The summed E-state index contributed by atoms with van der Waals surface area (Å²) >= 11 is 0. The molecule has 5 rings (SSSR count). The van der Waals surface area contributed by atoms with Gasteiger partial charge in [-0.15, -0.1) is 0 Å². The average Bonchev–Trinajstić information content (AvgIpc) is 3.43. The normalized spacial score (nSPS) is 12.0. The number of amides is 1. The number of aromatic amines is 1. The third-order valence-corrected chi connectivity index (χ3v) is 5.22. The SMILES string of the molecule is Cn1ccc(NC(=O)c2ccc3cc(-c4nn(C(C)(C)C)c5ncnc(N)c45)[nH]c3c2)n1. The molecule has 0 bridgehead atoms. The Hall–Kier alpha value is -4.21. The van der Waals surface area contributed by atoms with Crippen LogP contribution >= 0.6 is 0 Å². The summed E-state index contributed by atoms with van der Waals surface area (Å²) in [6.45, 7) is 6.16. The highest BCUT2D eigenvalue weighted by molar-refractivity contribution is 6.06. The number of nitrogen functional groups attached to an aromatic ring is 1. The number of carbonyl (C=O) groups is 1. The molecule has 1 amide bonds. The van der Waals surface area contributed by atoms with E-state index in [1.54, 1.807) is 36.1 Å². The molecule has 0 saturated heterocycles. The van der Waals surface area contributed by atoms with Crippen molar-refractivity contribution in [2.24, 2.45) is 7.05 Å². The van der Waals surface area contributed by atoms with Crippen LogP contribution in [0.5, 0.6) is 0 Å². The number of anilines is 2. The lowest BCUT2D eigenvalue weighted by atomic mass is 10.1. The zero-order chi connectivity index (χ0) is 22.6. The second-order valence-corrected chi connectivity index (χ2v) is 8.70. The van der Waals surface area contributed by atoms with E-state index in [-0.39, 0.29) is 11.4 Å². The van der Waals surface area contributed by atoms with Crippen molar-refractivity contribution in [2.45, 2.75) is 26.3 Å². The van der Waals surface area contributed by atoms with Gasteiger partial charge in [0.05, 0.1) is 16.6 Å². The highest BCUT2D eigenvalue weighted by Crippen LogP contribution is 2.34. The molecule has 0 aliphatic heterocycles. The standard InChI is InChI=1S/C22H23N9O/c1-22(2,3)31-20-17(19(23)24-11-25-20)18(29-31)15-9-12-5-6-13(10-14(12)26-15)21(32)27-16-7-8-30(4)28-16/h5-11,26H,1-4H3,(H2,23,24,25)(H,27,28,32). The molecule has 0 fully saturated rings. The summed E-state index contributed by atoms with van der Waals surface area (Å²) in [5.74, 6) is 0.635. The number of fused-ring (bicyclic) bond motifs is 2. The van der Waals surface area contributed by atoms with Gasteiger partial charge in [0.2, 0.25) is 0 Å². The summed E-state index contributed by atoms with van der Waals surface area (Å²) in [6.07, 6.45) is 3.22. The number of aromatic nitrogens is 7. The Labute approximate surface area is 183 Å². The molecule has 0 unspecified atom stereocenters. The van der Waals surface area contributed by atoms with Crippen LogP contribution in [0, 0.1) is 0 Å². The first-order valence-corrected chi connectivity index (χ1v) is 10.1. The molecular formula is C22H23N9O. The van der Waals surface area contributed by atoms with E-state index in [1.807, 2.05) is 16.8 Å². The van der Waals surface area contributed by atoms with Crippen LogP contribution in [0.1, 0.15) is 31.1 Å². The van der Waals surface area contributed by atoms with E-state index >= 15 is 0 Å². The van der Waals surface area contributed by atoms with Gasteiger partial charge in [0.15, 0.2) is 11.5 Å². The molecule has 0 aliphatic carbocycles. The van der Waals surface area contributed by atoms with Crippen molar-refractivity contribution in [3.8, 4) is 11.4 Å². The summed E-state index contributed by atoms with van der Waals surface area (Å²) < 4.78 is 3.49. The van der Waals surface area contributed by atoms with Gasteiger partial charge in [-0.2, -0.15) is 10.2 Å². The molecule has 0 saturated carbocycles. The fraction of sp³-hybridized carbons (Fsp3) is 0.227. The molecule has 10 nitrogen and oxygen atoms in total. The highest BCUT2D eigenvalue weighted by Gasteiger charge is 2.24. The number of nitrogens with zero attached hydrogens (tertiary/aromatic N) is 6. The Kier molecular flexibility index (Phi) is 4.26. The summed E-state index contributed by atoms with van der Waals surface area (Å²) in [5.41, 5.74) is 9.36. The zero-order valence-corrected chi connectivity index (χ0v) is 18.2. The van der Waals surface area contributed by atoms with Crippen LogP contribution in [-0.4, -0.2) is 40.4 Å². The maximum atomic E-state index is 12.7. The van der Waals surface area contributed by atoms with Crippen LogP contribution in [-0.2, 0) is 12.6 Å². The van der Waals surface area contributed by atoms with Gasteiger partial charge >= 0.3 is 0 Å². The second kappa shape index (κ2) is 6.91. The van der Waals surface area contributed by atoms with Crippen LogP contribution in [0.2, 0.25) is 0 Å². The van der Waals surface area contributed by atoms with Gasteiger partial charge in [0.1, 0.15) is 17.8 Å². The lowest BCUT2D eigenvalue weighted by molar-refractivity contribution is 0.102. The molecular weight excluding hydrogens is 406 g/mol. The van der Waals surface area contributed by atoms with Gasteiger partial charge in [-0.3, -0.25) is 9.48 Å². The van der Waals surface area contributed by atoms with Crippen LogP contribution in [0.25, 0.3) is 33.3 Å². The minimum absolute atomic E-state index is 0.234. The fourth-order valence-corrected chi connectivity index (χ4v) is 3.70. The van der Waals surface area contributed by atoms with Crippen molar-refractivity contribution in [1.82, 2.24) is 34.5 Å². The van der Waals surface area contributed by atoms with Crippen LogP contribution in [0.3, 0.4) is 0 Å². The number of H-pyrrole nitrogens is 1. The predicted octanol–water partition coefficient (Wildman–Crippen LogP) is 3.30. The van der Waals surface area contributed by atoms with Crippen molar-refractivity contribution < 1.29 is 4.79 Å². The zero-order valence-electron chi connectivity index (χ0n) is 18.2. The molecule has 32 heavy (non-hydrogen) atoms. The Morgan fingerprint density at radius 2 is 1.94 bits per heavy atom. The third-order valence-electron chi connectivity index (χ3n) is 5.22. The van der Waals surface area contributed by atoms with E-state index in [0.717, 1.165) is 16.6 Å². The van der Waals surface area contributed by atoms with Gasteiger partial charge < -0.3 is 16.0 Å². The Morgan fingerprint density at radius 3 is 2.66 bits per heavy atom. The van der Waals surface area contributed by atoms with Crippen molar-refractivity contribution in [3.63, 3.8) is 0 Å². The molecule has 0 aliphatic rings. The number of nitrogens with two attached hydrogens (primary N) is 1. The maximum Gasteiger partial charge on any atom is 0.256 e. The topological polar surface area (TPSA) is 132 Å². The van der Waals surface area contributed by atoms with E-state index in [9.17, 15) is 4.79 Å². The van der Waals surface area contributed by atoms with Crippen molar-refractivity contribution in [1.29, 1.82) is 0 Å². The number of benzene rings is 1. The van der Waals surface area contributed by atoms with Crippen molar-refractivity contribution >= 4 is 39.5 Å². The van der Waals surface area contributed by atoms with Crippen LogP contribution in [0.15, 0.2) is 42.9 Å². The van der Waals surface area contributed by atoms with Gasteiger partial charge in [0, 0.05) is 35.8 Å². The number of rotatable bonds is 3. The van der Waals surface area contributed by atoms with E-state index in [1.165, 1.54) is 6.33 Å². The van der Waals surface area contributed by atoms with Gasteiger partial charge in [-0.25, -0.2) is 14.6 Å². The Morgan fingerprint density at radius 1 is 1.12 bits per heavy atom. The Balaban J connectivity index is 1.57. The van der Waals surface area contributed by atoms with E-state index in [2.05, 4.69) is 46.1 Å². The summed E-state index contributed by atoms with van der Waals surface area (Å²) in [7, 11) is 1.80. The number of carbonyl (C=O) groups excluding carboxylic acids is 1. The third kappa shape index (κ3) is 3.25.